The third kappa shape index (κ3) is 3.09. The fourth-order valence-corrected chi connectivity index (χ4v) is 3.58. The van der Waals surface area contributed by atoms with Gasteiger partial charge in [0.05, 0.1) is 5.60 Å². The highest BCUT2D eigenvalue weighted by molar-refractivity contribution is 7.12. The highest BCUT2D eigenvalue weighted by Crippen LogP contribution is 2.35. The summed E-state index contributed by atoms with van der Waals surface area (Å²) in [7, 11) is 1.77. The zero-order valence-corrected chi connectivity index (χ0v) is 11.9. The Balaban J connectivity index is 1.93. The number of methoxy groups -OCH3 is 1. The number of hydrogen-bond acceptors (Lipinski definition) is 3. The average molecular weight is 253 g/mol. The number of nitrogens with two attached hydrogens (primary N) is 1. The number of aryl methyl sites for hydroxylation is 2. The maximum atomic E-state index is 6.27. The summed E-state index contributed by atoms with van der Waals surface area (Å²) in [4.78, 5) is 2.93. The molecule has 1 atom stereocenters. The average Bonchev–Trinajstić information content (AvgIpc) is 2.86. The van der Waals surface area contributed by atoms with Gasteiger partial charge in [-0.2, -0.15) is 0 Å². The highest BCUT2D eigenvalue weighted by atomic mass is 32.1. The third-order valence-electron chi connectivity index (χ3n) is 3.74. The molecule has 0 saturated heterocycles. The summed E-state index contributed by atoms with van der Waals surface area (Å²) >= 11 is 1.92. The van der Waals surface area contributed by atoms with Crippen LogP contribution < -0.4 is 5.73 Å². The van der Waals surface area contributed by atoms with Crippen LogP contribution in [0.15, 0.2) is 6.07 Å². The van der Waals surface area contributed by atoms with Crippen LogP contribution in [0, 0.1) is 0 Å². The van der Waals surface area contributed by atoms with E-state index in [1.54, 1.807) is 17.6 Å². The maximum Gasteiger partial charge on any atom is 0.0623 e. The summed E-state index contributed by atoms with van der Waals surface area (Å²) in [6.45, 7) is 4.24. The molecule has 96 valence electrons. The Morgan fingerprint density at radius 1 is 1.47 bits per heavy atom. The van der Waals surface area contributed by atoms with Crippen LogP contribution in [0.3, 0.4) is 0 Å². The van der Waals surface area contributed by atoms with Gasteiger partial charge in [-0.3, -0.25) is 0 Å². The molecule has 0 spiro atoms. The molecule has 1 aromatic rings. The number of rotatable bonds is 5. The van der Waals surface area contributed by atoms with Crippen molar-refractivity contribution in [2.24, 2.45) is 5.73 Å². The minimum absolute atomic E-state index is 0.0579. The van der Waals surface area contributed by atoms with Gasteiger partial charge in [0.25, 0.3) is 0 Å². The Labute approximate surface area is 108 Å². The van der Waals surface area contributed by atoms with Gasteiger partial charge in [0.1, 0.15) is 0 Å². The first-order valence-electron chi connectivity index (χ1n) is 6.44. The van der Waals surface area contributed by atoms with Crippen molar-refractivity contribution in [3.8, 4) is 0 Å². The molecule has 1 heterocycles. The second-order valence-corrected chi connectivity index (χ2v) is 6.73. The molecule has 0 radical (unpaired) electrons. The SMILES string of the molecule is COC(C)(C)CCC(N)c1cc2c(s1)CCC2. The predicted octanol–water partition coefficient (Wildman–Crippen LogP) is 3.44. The smallest absolute Gasteiger partial charge is 0.0623 e. The molecule has 2 N–H and O–H groups in total. The molecule has 0 fully saturated rings. The quantitative estimate of drug-likeness (QED) is 0.872. The Kier molecular flexibility index (Phi) is 3.91. The molecule has 17 heavy (non-hydrogen) atoms. The van der Waals surface area contributed by atoms with Crippen LogP contribution in [-0.4, -0.2) is 12.7 Å². The van der Waals surface area contributed by atoms with Crippen LogP contribution in [0.5, 0.6) is 0 Å². The Hall–Kier alpha value is -0.380. The molecule has 0 aromatic carbocycles. The topological polar surface area (TPSA) is 35.2 Å². The van der Waals surface area contributed by atoms with Crippen LogP contribution in [0.4, 0.5) is 0 Å². The van der Waals surface area contributed by atoms with E-state index in [1.807, 2.05) is 11.3 Å². The number of ether oxygens (including phenoxy) is 1. The zero-order valence-electron chi connectivity index (χ0n) is 11.1. The highest BCUT2D eigenvalue weighted by Gasteiger charge is 2.21. The van der Waals surface area contributed by atoms with Gasteiger partial charge in [-0.25, -0.2) is 0 Å². The first-order valence-corrected chi connectivity index (χ1v) is 7.26. The van der Waals surface area contributed by atoms with Crippen molar-refractivity contribution in [1.82, 2.24) is 0 Å². The van der Waals surface area contributed by atoms with E-state index >= 15 is 0 Å². The molecule has 1 aliphatic rings. The first-order chi connectivity index (χ1) is 8.02. The summed E-state index contributed by atoms with van der Waals surface area (Å²) < 4.78 is 5.43. The van der Waals surface area contributed by atoms with Gasteiger partial charge < -0.3 is 10.5 Å². The van der Waals surface area contributed by atoms with Crippen LogP contribution in [0.1, 0.15) is 54.5 Å². The Morgan fingerprint density at radius 3 is 2.88 bits per heavy atom. The summed E-state index contributed by atoms with van der Waals surface area (Å²) in [5.41, 5.74) is 7.76. The minimum atomic E-state index is -0.0579. The van der Waals surface area contributed by atoms with Crippen LogP contribution in [-0.2, 0) is 17.6 Å². The fraction of sp³-hybridized carbons (Fsp3) is 0.714. The van der Waals surface area contributed by atoms with E-state index in [1.165, 1.54) is 24.1 Å². The van der Waals surface area contributed by atoms with Crippen LogP contribution in [0.25, 0.3) is 0 Å². The third-order valence-corrected chi connectivity index (χ3v) is 5.11. The van der Waals surface area contributed by atoms with Crippen molar-refractivity contribution >= 4 is 11.3 Å². The monoisotopic (exact) mass is 253 g/mol. The van der Waals surface area contributed by atoms with Gasteiger partial charge in [-0.1, -0.05) is 0 Å². The molecule has 2 nitrogen and oxygen atoms in total. The van der Waals surface area contributed by atoms with E-state index < -0.39 is 0 Å². The van der Waals surface area contributed by atoms with Gasteiger partial charge in [-0.05, 0) is 57.6 Å². The van der Waals surface area contributed by atoms with Crippen molar-refractivity contribution < 1.29 is 4.74 Å². The van der Waals surface area contributed by atoms with E-state index in [0.717, 1.165) is 12.8 Å². The van der Waals surface area contributed by atoms with Gasteiger partial charge in [0.15, 0.2) is 0 Å². The Morgan fingerprint density at radius 2 is 2.24 bits per heavy atom. The maximum absolute atomic E-state index is 6.27. The molecular formula is C14H23NOS. The lowest BCUT2D eigenvalue weighted by Gasteiger charge is -2.24. The number of thiophene rings is 1. The molecule has 1 aromatic heterocycles. The standard InChI is InChI=1S/C14H23NOS/c1-14(2,16-3)8-7-11(15)13-9-10-5-4-6-12(10)17-13/h9,11H,4-8,15H2,1-3H3. The molecule has 3 heteroatoms. The van der Waals surface area contributed by atoms with Crippen molar-refractivity contribution in [3.63, 3.8) is 0 Å². The van der Waals surface area contributed by atoms with E-state index in [0.29, 0.717) is 0 Å². The van der Waals surface area contributed by atoms with E-state index in [4.69, 9.17) is 10.5 Å². The number of hydrogen-bond donors (Lipinski definition) is 1. The van der Waals surface area contributed by atoms with Crippen molar-refractivity contribution in [2.45, 2.75) is 57.6 Å². The number of fused-ring (bicyclic) bond motifs is 1. The van der Waals surface area contributed by atoms with Gasteiger partial charge in [0, 0.05) is 22.9 Å². The lowest BCUT2D eigenvalue weighted by molar-refractivity contribution is 0.0125. The van der Waals surface area contributed by atoms with Crippen LogP contribution in [0.2, 0.25) is 0 Å². The lowest BCUT2D eigenvalue weighted by atomic mass is 9.98. The zero-order chi connectivity index (χ0) is 12.5. The molecule has 0 bridgehead atoms. The van der Waals surface area contributed by atoms with E-state index in [9.17, 15) is 0 Å². The van der Waals surface area contributed by atoms with E-state index in [2.05, 4.69) is 19.9 Å². The van der Waals surface area contributed by atoms with Gasteiger partial charge in [0.2, 0.25) is 0 Å². The molecule has 0 amide bonds. The summed E-state index contributed by atoms with van der Waals surface area (Å²) in [6, 6.07) is 2.51. The lowest BCUT2D eigenvalue weighted by Crippen LogP contribution is -2.24. The molecule has 1 unspecified atom stereocenters. The molecular weight excluding hydrogens is 230 g/mol. The van der Waals surface area contributed by atoms with Crippen molar-refractivity contribution in [1.29, 1.82) is 0 Å². The Bertz CT molecular complexity index is 362. The normalized spacial score (nSPS) is 17.2. The molecule has 2 rings (SSSR count). The molecule has 0 aliphatic heterocycles. The summed E-state index contributed by atoms with van der Waals surface area (Å²) in [5.74, 6) is 0. The predicted molar refractivity (Wildman–Crippen MR) is 73.6 cm³/mol. The van der Waals surface area contributed by atoms with Crippen molar-refractivity contribution in [2.75, 3.05) is 7.11 Å². The second kappa shape index (κ2) is 5.09. The first kappa shape index (κ1) is 13.1. The molecule has 0 saturated carbocycles. The summed E-state index contributed by atoms with van der Waals surface area (Å²) in [6.07, 6.45) is 5.85. The van der Waals surface area contributed by atoms with E-state index in [-0.39, 0.29) is 11.6 Å². The van der Waals surface area contributed by atoms with Gasteiger partial charge in [-0.15, -0.1) is 11.3 Å². The van der Waals surface area contributed by atoms with Gasteiger partial charge >= 0.3 is 0 Å². The largest absolute Gasteiger partial charge is 0.379 e. The second-order valence-electron chi connectivity index (χ2n) is 5.56. The minimum Gasteiger partial charge on any atom is -0.379 e. The summed E-state index contributed by atoms with van der Waals surface area (Å²) in [5, 5.41) is 0. The van der Waals surface area contributed by atoms with Crippen molar-refractivity contribution in [3.05, 3.63) is 21.4 Å². The molecule has 1 aliphatic carbocycles. The van der Waals surface area contributed by atoms with Crippen LogP contribution >= 0.6 is 11.3 Å². The fourth-order valence-electron chi connectivity index (χ4n) is 2.28.